The van der Waals surface area contributed by atoms with Crippen molar-refractivity contribution in [1.82, 2.24) is 5.32 Å². The molecular weight excluding hydrogens is 300 g/mol. The molecule has 0 aromatic heterocycles. The molecule has 4 nitrogen and oxygen atoms in total. The number of ether oxygens (including phenoxy) is 1. The van der Waals surface area contributed by atoms with Crippen LogP contribution in [0.1, 0.15) is 6.92 Å². The maximum atomic E-state index is 11.9. The first-order chi connectivity index (χ1) is 10.7. The predicted octanol–water partition coefficient (Wildman–Crippen LogP) is 4.59. The number of nitrogens with one attached hydrogen (secondary N) is 2. The first-order valence-electron chi connectivity index (χ1n) is 6.68. The molecular formula is C17H19ClN2O2. The minimum Gasteiger partial charge on any atom is -0.478 e. The van der Waals surface area contributed by atoms with E-state index >= 15 is 0 Å². The molecule has 0 saturated heterocycles. The van der Waals surface area contributed by atoms with Crippen LogP contribution in [0.3, 0.4) is 0 Å². The number of rotatable bonds is 7. The largest absolute Gasteiger partial charge is 0.478 e. The summed E-state index contributed by atoms with van der Waals surface area (Å²) >= 11 is 5.47. The Balaban J connectivity index is 2.64. The Morgan fingerprint density at radius 2 is 2.05 bits per heavy atom. The van der Waals surface area contributed by atoms with Crippen LogP contribution >= 0.6 is 11.6 Å². The van der Waals surface area contributed by atoms with E-state index in [0.717, 1.165) is 0 Å². The third-order valence-corrected chi connectivity index (χ3v) is 2.57. The number of urea groups is 1. The zero-order valence-corrected chi connectivity index (χ0v) is 13.1. The zero-order valence-electron chi connectivity index (χ0n) is 12.4. The fourth-order valence-electron chi connectivity index (χ4n) is 1.55. The quantitative estimate of drug-likeness (QED) is 0.571. The van der Waals surface area contributed by atoms with Crippen molar-refractivity contribution in [3.8, 4) is 5.75 Å². The van der Waals surface area contributed by atoms with Gasteiger partial charge in [0.25, 0.3) is 0 Å². The Labute approximate surface area is 135 Å². The van der Waals surface area contributed by atoms with Gasteiger partial charge in [-0.3, -0.25) is 0 Å². The van der Waals surface area contributed by atoms with Gasteiger partial charge >= 0.3 is 6.03 Å². The van der Waals surface area contributed by atoms with Crippen molar-refractivity contribution in [1.29, 1.82) is 0 Å². The van der Waals surface area contributed by atoms with Gasteiger partial charge in [0.1, 0.15) is 5.75 Å². The molecule has 0 aliphatic rings. The second-order valence-corrected chi connectivity index (χ2v) is 4.32. The molecule has 2 amide bonds. The third-order valence-electron chi connectivity index (χ3n) is 2.46. The van der Waals surface area contributed by atoms with Crippen molar-refractivity contribution in [2.45, 2.75) is 6.92 Å². The smallest absolute Gasteiger partial charge is 0.323 e. The van der Waals surface area contributed by atoms with Crippen molar-refractivity contribution in [2.24, 2.45) is 0 Å². The average molecular weight is 319 g/mol. The van der Waals surface area contributed by atoms with E-state index in [1.54, 1.807) is 54.6 Å². The van der Waals surface area contributed by atoms with Crippen LogP contribution in [0, 0.1) is 0 Å². The summed E-state index contributed by atoms with van der Waals surface area (Å²) in [4.78, 5) is 11.9. The molecule has 0 heterocycles. The van der Waals surface area contributed by atoms with Crippen LogP contribution in [0.2, 0.25) is 0 Å². The number of hydrogen-bond donors (Lipinski definition) is 2. The second-order valence-electron chi connectivity index (χ2n) is 4.10. The first kappa shape index (κ1) is 17.6. The van der Waals surface area contributed by atoms with Crippen LogP contribution < -0.4 is 15.4 Å². The summed E-state index contributed by atoms with van der Waals surface area (Å²) in [6.45, 7) is 5.46. The molecule has 0 spiro atoms. The van der Waals surface area contributed by atoms with Gasteiger partial charge in [-0.25, -0.2) is 4.79 Å². The minimum absolute atomic E-state index is 0.0863. The van der Waals surface area contributed by atoms with E-state index in [9.17, 15) is 4.79 Å². The lowest BCUT2D eigenvalue weighted by Crippen LogP contribution is -2.27. The highest BCUT2D eigenvalue weighted by Crippen LogP contribution is 2.15. The molecule has 1 aromatic carbocycles. The van der Waals surface area contributed by atoms with Gasteiger partial charge in [0.2, 0.25) is 0 Å². The van der Waals surface area contributed by atoms with E-state index in [-0.39, 0.29) is 12.1 Å². The van der Waals surface area contributed by atoms with E-state index < -0.39 is 0 Å². The van der Waals surface area contributed by atoms with Crippen LogP contribution in [0.25, 0.3) is 0 Å². The molecule has 22 heavy (non-hydrogen) atoms. The van der Waals surface area contributed by atoms with Crippen molar-refractivity contribution < 1.29 is 9.53 Å². The highest BCUT2D eigenvalue weighted by atomic mass is 35.5. The Morgan fingerprint density at radius 1 is 1.32 bits per heavy atom. The van der Waals surface area contributed by atoms with Gasteiger partial charge < -0.3 is 15.4 Å². The minimum atomic E-state index is -0.331. The molecule has 0 aliphatic heterocycles. The topological polar surface area (TPSA) is 50.4 Å². The zero-order chi connectivity index (χ0) is 16.2. The summed E-state index contributed by atoms with van der Waals surface area (Å²) in [5.41, 5.74) is 1.32. The molecule has 1 rings (SSSR count). The van der Waals surface area contributed by atoms with Crippen LogP contribution in [-0.2, 0) is 0 Å². The van der Waals surface area contributed by atoms with Gasteiger partial charge in [-0.2, -0.15) is 0 Å². The maximum Gasteiger partial charge on any atom is 0.323 e. The number of allylic oxidation sites excluding steroid dienone is 6. The predicted molar refractivity (Wildman–Crippen MR) is 92.2 cm³/mol. The fraction of sp³-hybridized carbons (Fsp3) is 0.118. The molecule has 116 valence electrons. The molecule has 0 unspecified atom stereocenters. The van der Waals surface area contributed by atoms with Gasteiger partial charge in [0, 0.05) is 11.4 Å². The van der Waals surface area contributed by atoms with Gasteiger partial charge in [-0.15, -0.1) is 0 Å². The summed E-state index contributed by atoms with van der Waals surface area (Å²) in [6, 6.07) is 6.68. The van der Waals surface area contributed by atoms with Gasteiger partial charge in [0.05, 0.1) is 0 Å². The highest BCUT2D eigenvalue weighted by molar-refractivity contribution is 6.17. The molecule has 2 N–H and O–H groups in total. The van der Waals surface area contributed by atoms with Crippen molar-refractivity contribution in [2.75, 3.05) is 11.4 Å². The summed E-state index contributed by atoms with van der Waals surface area (Å²) in [5.74, 6) is 0.644. The number of alkyl halides is 1. The molecule has 0 saturated carbocycles. The van der Waals surface area contributed by atoms with Crippen molar-refractivity contribution in [3.63, 3.8) is 0 Å². The van der Waals surface area contributed by atoms with Crippen LogP contribution in [0.15, 0.2) is 73.0 Å². The molecule has 0 radical (unpaired) electrons. The number of carbonyl (C=O) groups is 1. The molecule has 5 heteroatoms. The number of carbonyl (C=O) groups excluding carboxylic acids is 1. The summed E-state index contributed by atoms with van der Waals surface area (Å²) in [7, 11) is 0. The number of halogens is 1. The standard InChI is InChI=1S/C17H19ClN2O2/c1-3-5-6-8-14(7-4-2)19-17(21)20-15-9-11-16(12-10-15)22-13-18/h3-12H,1,13H2,2H3,(H2,19,20,21)/b6-5-,7-4-,14-8+. The van der Waals surface area contributed by atoms with Crippen molar-refractivity contribution in [3.05, 3.63) is 73.0 Å². The van der Waals surface area contributed by atoms with E-state index in [4.69, 9.17) is 16.3 Å². The van der Waals surface area contributed by atoms with Crippen LogP contribution in [-0.4, -0.2) is 12.1 Å². The lowest BCUT2D eigenvalue weighted by Gasteiger charge is -2.09. The molecule has 0 bridgehead atoms. The average Bonchev–Trinajstić information content (AvgIpc) is 2.50. The van der Waals surface area contributed by atoms with Crippen LogP contribution in [0.5, 0.6) is 5.75 Å². The van der Waals surface area contributed by atoms with E-state index in [1.165, 1.54) is 0 Å². The Hall–Kier alpha value is -2.46. The number of anilines is 1. The highest BCUT2D eigenvalue weighted by Gasteiger charge is 2.03. The Bertz CT molecular complexity index is 575. The summed E-state index contributed by atoms with van der Waals surface area (Å²) < 4.78 is 5.12. The van der Waals surface area contributed by atoms with Gasteiger partial charge in [-0.1, -0.05) is 42.5 Å². The Kier molecular flexibility index (Phi) is 8.23. The van der Waals surface area contributed by atoms with Gasteiger partial charge in [-0.05, 0) is 43.3 Å². The summed E-state index contributed by atoms with van der Waals surface area (Å²) in [5, 5.41) is 5.48. The molecule has 0 atom stereocenters. The number of hydrogen-bond acceptors (Lipinski definition) is 2. The normalized spacial score (nSPS) is 11.6. The van der Waals surface area contributed by atoms with E-state index in [0.29, 0.717) is 17.1 Å². The Morgan fingerprint density at radius 3 is 2.64 bits per heavy atom. The fourth-order valence-corrected chi connectivity index (χ4v) is 1.67. The lowest BCUT2D eigenvalue weighted by atomic mass is 10.3. The van der Waals surface area contributed by atoms with Crippen LogP contribution in [0.4, 0.5) is 10.5 Å². The third kappa shape index (κ3) is 6.81. The SMILES string of the molecule is C=C\C=C/C=C(\C=C/C)NC(=O)Nc1ccc(OCCl)cc1. The molecule has 1 aromatic rings. The van der Waals surface area contributed by atoms with Crippen molar-refractivity contribution >= 4 is 23.3 Å². The number of benzene rings is 1. The second kappa shape index (κ2) is 10.3. The molecule has 0 fully saturated rings. The van der Waals surface area contributed by atoms with E-state index in [2.05, 4.69) is 17.2 Å². The number of amides is 2. The lowest BCUT2D eigenvalue weighted by molar-refractivity contribution is 0.254. The van der Waals surface area contributed by atoms with E-state index in [1.807, 2.05) is 13.0 Å². The van der Waals surface area contributed by atoms with Gasteiger partial charge in [0.15, 0.2) is 6.07 Å². The summed E-state index contributed by atoms with van der Waals surface area (Å²) in [6.07, 6.45) is 10.6. The maximum absolute atomic E-state index is 11.9. The molecule has 0 aliphatic carbocycles. The monoisotopic (exact) mass is 318 g/mol. The first-order valence-corrected chi connectivity index (χ1v) is 7.22.